The highest BCUT2D eigenvalue weighted by Crippen LogP contribution is 2.34. The van der Waals surface area contributed by atoms with E-state index in [0.29, 0.717) is 11.7 Å². The van der Waals surface area contributed by atoms with Crippen LogP contribution in [0.1, 0.15) is 37.7 Å². The van der Waals surface area contributed by atoms with E-state index in [2.05, 4.69) is 35.2 Å². The van der Waals surface area contributed by atoms with Crippen molar-refractivity contribution in [1.29, 1.82) is 0 Å². The van der Waals surface area contributed by atoms with E-state index < -0.39 is 0 Å². The molecule has 2 nitrogen and oxygen atoms in total. The third-order valence-corrected chi connectivity index (χ3v) is 4.74. The quantitative estimate of drug-likeness (QED) is 0.810. The van der Waals surface area contributed by atoms with Crippen molar-refractivity contribution >= 4 is 5.78 Å². The highest BCUT2D eigenvalue weighted by molar-refractivity contribution is 5.79. The van der Waals surface area contributed by atoms with Gasteiger partial charge < -0.3 is 0 Å². The van der Waals surface area contributed by atoms with Crippen LogP contribution in [-0.2, 0) is 11.3 Å². The maximum absolute atomic E-state index is 11.6. The van der Waals surface area contributed by atoms with Crippen LogP contribution < -0.4 is 0 Å². The van der Waals surface area contributed by atoms with E-state index in [1.54, 1.807) is 0 Å². The van der Waals surface area contributed by atoms with Crippen LogP contribution in [0, 0.1) is 11.8 Å². The van der Waals surface area contributed by atoms with Crippen molar-refractivity contribution in [3.05, 3.63) is 35.9 Å². The molecule has 2 atom stereocenters. The van der Waals surface area contributed by atoms with Gasteiger partial charge in [-0.2, -0.15) is 0 Å². The third-order valence-electron chi connectivity index (χ3n) is 4.74. The molecule has 0 spiro atoms. The second kappa shape index (κ2) is 5.87. The minimum absolute atomic E-state index is 0.498. The lowest BCUT2D eigenvalue weighted by atomic mass is 9.77. The molecule has 1 aromatic rings. The van der Waals surface area contributed by atoms with Crippen molar-refractivity contribution in [2.45, 2.75) is 38.6 Å². The van der Waals surface area contributed by atoms with Gasteiger partial charge in [0.1, 0.15) is 5.78 Å². The molecule has 2 fully saturated rings. The highest BCUT2D eigenvalue weighted by Gasteiger charge is 2.32. The number of hydrogen-bond donors (Lipinski definition) is 0. The number of ketones is 1. The lowest BCUT2D eigenvalue weighted by Gasteiger charge is -2.31. The van der Waals surface area contributed by atoms with E-state index in [0.717, 1.165) is 31.7 Å². The Labute approximate surface area is 115 Å². The summed E-state index contributed by atoms with van der Waals surface area (Å²) < 4.78 is 0. The summed E-state index contributed by atoms with van der Waals surface area (Å²) >= 11 is 0. The molecule has 1 heterocycles. The molecular formula is C17H23NO. The summed E-state index contributed by atoms with van der Waals surface area (Å²) in [6.45, 7) is 3.45. The van der Waals surface area contributed by atoms with Gasteiger partial charge in [-0.1, -0.05) is 30.3 Å². The van der Waals surface area contributed by atoms with Crippen LogP contribution in [0.4, 0.5) is 0 Å². The zero-order valence-electron chi connectivity index (χ0n) is 11.6. The minimum atomic E-state index is 0.498. The van der Waals surface area contributed by atoms with Gasteiger partial charge in [0.05, 0.1) is 0 Å². The fourth-order valence-corrected chi connectivity index (χ4v) is 3.71. The number of Topliss-reactive ketones (excluding diaryl/α,β-unsaturated/α-hetero) is 1. The molecule has 0 aromatic heterocycles. The topological polar surface area (TPSA) is 20.3 Å². The summed E-state index contributed by atoms with van der Waals surface area (Å²) in [4.78, 5) is 14.2. The summed E-state index contributed by atoms with van der Waals surface area (Å²) in [6, 6.07) is 10.7. The predicted molar refractivity (Wildman–Crippen MR) is 76.8 cm³/mol. The fourth-order valence-electron chi connectivity index (χ4n) is 3.71. The van der Waals surface area contributed by atoms with E-state index in [9.17, 15) is 4.79 Å². The van der Waals surface area contributed by atoms with Gasteiger partial charge >= 0.3 is 0 Å². The third kappa shape index (κ3) is 3.24. The Morgan fingerprint density at radius 2 is 1.95 bits per heavy atom. The molecule has 0 amide bonds. The fraction of sp³-hybridized carbons (Fsp3) is 0.588. The Balaban J connectivity index is 1.63. The van der Waals surface area contributed by atoms with Gasteiger partial charge in [0.2, 0.25) is 0 Å². The molecule has 2 unspecified atom stereocenters. The van der Waals surface area contributed by atoms with Crippen LogP contribution in [0.3, 0.4) is 0 Å². The number of rotatable bonds is 2. The van der Waals surface area contributed by atoms with Crippen molar-refractivity contribution in [2.75, 3.05) is 13.1 Å². The van der Waals surface area contributed by atoms with E-state index in [4.69, 9.17) is 0 Å². The zero-order valence-corrected chi connectivity index (χ0v) is 11.6. The summed E-state index contributed by atoms with van der Waals surface area (Å²) in [5.41, 5.74) is 1.41. The molecule has 1 saturated heterocycles. The molecule has 1 aliphatic heterocycles. The summed E-state index contributed by atoms with van der Waals surface area (Å²) in [5.74, 6) is 1.92. The Morgan fingerprint density at radius 3 is 2.79 bits per heavy atom. The van der Waals surface area contributed by atoms with E-state index in [-0.39, 0.29) is 0 Å². The SMILES string of the molecule is O=C1CCC2CN(Cc3ccccc3)CCCC2C1. The van der Waals surface area contributed by atoms with Gasteiger partial charge in [0, 0.05) is 25.9 Å². The average Bonchev–Trinajstić information content (AvgIpc) is 2.61. The number of hydrogen-bond acceptors (Lipinski definition) is 2. The van der Waals surface area contributed by atoms with Gasteiger partial charge in [-0.3, -0.25) is 9.69 Å². The Kier molecular flexibility index (Phi) is 3.97. The first-order chi connectivity index (χ1) is 9.31. The number of benzene rings is 1. The van der Waals surface area contributed by atoms with Gasteiger partial charge in [-0.15, -0.1) is 0 Å². The van der Waals surface area contributed by atoms with Crippen molar-refractivity contribution in [3.63, 3.8) is 0 Å². The zero-order chi connectivity index (χ0) is 13.1. The normalized spacial score (nSPS) is 28.7. The second-order valence-corrected chi connectivity index (χ2v) is 6.16. The lowest BCUT2D eigenvalue weighted by molar-refractivity contribution is -0.122. The molecule has 0 bridgehead atoms. The monoisotopic (exact) mass is 257 g/mol. The molecule has 19 heavy (non-hydrogen) atoms. The Morgan fingerprint density at radius 1 is 1.11 bits per heavy atom. The number of fused-ring (bicyclic) bond motifs is 1. The van der Waals surface area contributed by atoms with Crippen LogP contribution in [0.2, 0.25) is 0 Å². The second-order valence-electron chi connectivity index (χ2n) is 6.16. The maximum atomic E-state index is 11.6. The first-order valence-corrected chi connectivity index (χ1v) is 7.59. The molecule has 0 radical (unpaired) electrons. The molecule has 0 N–H and O–H groups in total. The minimum Gasteiger partial charge on any atom is -0.300 e. The van der Waals surface area contributed by atoms with Crippen molar-refractivity contribution < 1.29 is 4.79 Å². The van der Waals surface area contributed by atoms with Crippen LogP contribution in [0.25, 0.3) is 0 Å². The molecule has 1 saturated carbocycles. The molecule has 1 aliphatic carbocycles. The van der Waals surface area contributed by atoms with Crippen LogP contribution in [-0.4, -0.2) is 23.8 Å². The predicted octanol–water partition coefficient (Wildman–Crippen LogP) is 3.27. The van der Waals surface area contributed by atoms with Gasteiger partial charge in [0.15, 0.2) is 0 Å². The van der Waals surface area contributed by atoms with Gasteiger partial charge in [0.25, 0.3) is 0 Å². The molecule has 1 aromatic carbocycles. The van der Waals surface area contributed by atoms with Crippen molar-refractivity contribution in [3.8, 4) is 0 Å². The van der Waals surface area contributed by atoms with Crippen LogP contribution in [0.15, 0.2) is 30.3 Å². The lowest BCUT2D eigenvalue weighted by Crippen LogP contribution is -2.33. The van der Waals surface area contributed by atoms with E-state index in [1.165, 1.54) is 31.5 Å². The molecule has 3 rings (SSSR count). The van der Waals surface area contributed by atoms with Crippen LogP contribution in [0.5, 0.6) is 0 Å². The summed E-state index contributed by atoms with van der Waals surface area (Å²) in [5, 5.41) is 0. The van der Waals surface area contributed by atoms with E-state index in [1.807, 2.05) is 0 Å². The summed E-state index contributed by atoms with van der Waals surface area (Å²) in [7, 11) is 0. The molecule has 2 heteroatoms. The first-order valence-electron chi connectivity index (χ1n) is 7.59. The largest absolute Gasteiger partial charge is 0.300 e. The first kappa shape index (κ1) is 12.9. The van der Waals surface area contributed by atoms with Gasteiger partial charge in [-0.25, -0.2) is 0 Å². The van der Waals surface area contributed by atoms with Crippen molar-refractivity contribution in [2.24, 2.45) is 11.8 Å². The Hall–Kier alpha value is -1.15. The highest BCUT2D eigenvalue weighted by atomic mass is 16.1. The molecular weight excluding hydrogens is 234 g/mol. The number of nitrogens with zero attached hydrogens (tertiary/aromatic N) is 1. The number of carbonyl (C=O) groups excluding carboxylic acids is 1. The molecule has 2 aliphatic rings. The van der Waals surface area contributed by atoms with Crippen LogP contribution >= 0.6 is 0 Å². The summed E-state index contributed by atoms with van der Waals surface area (Å²) in [6.07, 6.45) is 5.29. The smallest absolute Gasteiger partial charge is 0.133 e. The number of carbonyl (C=O) groups is 1. The standard InChI is InChI=1S/C17H23NO/c19-17-9-8-16-13-18(10-4-7-15(16)11-17)12-14-5-2-1-3-6-14/h1-3,5-6,15-16H,4,7-13H2. The Bertz CT molecular complexity index is 428. The van der Waals surface area contributed by atoms with E-state index >= 15 is 0 Å². The maximum Gasteiger partial charge on any atom is 0.133 e. The number of likely N-dealkylation sites (tertiary alicyclic amines) is 1. The average molecular weight is 257 g/mol. The van der Waals surface area contributed by atoms with Gasteiger partial charge in [-0.05, 0) is 43.2 Å². The molecule has 102 valence electrons. The van der Waals surface area contributed by atoms with Crippen molar-refractivity contribution in [1.82, 2.24) is 4.90 Å².